The van der Waals surface area contributed by atoms with Crippen molar-refractivity contribution < 1.29 is 33.0 Å². The Morgan fingerprint density at radius 2 is 1.66 bits per heavy atom. The molecule has 0 aliphatic heterocycles. The number of carboxylic acid groups (broad SMARTS) is 1. The summed E-state index contributed by atoms with van der Waals surface area (Å²) in [6.07, 6.45) is 1.99. The third-order valence-corrected chi connectivity index (χ3v) is 7.02. The molecular formula is C25H24F2N2O5S. The molecule has 1 heterocycles. The molecule has 0 saturated heterocycles. The fraction of sp³-hybridized carbons (Fsp3) is 0.320. The number of halogens is 2. The SMILES string of the molecule is O=C(NCCNC(=O)c1ccc(O[C@H]2CC[C@H](C(=O)O)CC2)cc1F)c1cc2cc(F)ccc2s1. The van der Waals surface area contributed by atoms with Crippen LogP contribution in [0.4, 0.5) is 8.78 Å². The monoisotopic (exact) mass is 502 g/mol. The lowest BCUT2D eigenvalue weighted by Gasteiger charge is -2.26. The van der Waals surface area contributed by atoms with Gasteiger partial charge in [-0.2, -0.15) is 0 Å². The van der Waals surface area contributed by atoms with E-state index in [0.717, 1.165) is 10.8 Å². The number of carboxylic acids is 1. The molecule has 10 heteroatoms. The molecule has 0 bridgehead atoms. The maximum atomic E-state index is 14.5. The Bertz CT molecular complexity index is 1250. The van der Waals surface area contributed by atoms with Crippen molar-refractivity contribution in [2.75, 3.05) is 13.1 Å². The molecule has 0 spiro atoms. The summed E-state index contributed by atoms with van der Waals surface area (Å²) in [5.41, 5.74) is -0.148. The number of ether oxygens (including phenoxy) is 1. The van der Waals surface area contributed by atoms with Crippen LogP contribution in [-0.2, 0) is 4.79 Å². The summed E-state index contributed by atoms with van der Waals surface area (Å²) in [7, 11) is 0. The summed E-state index contributed by atoms with van der Waals surface area (Å²) < 4.78 is 34.4. The lowest BCUT2D eigenvalue weighted by molar-refractivity contribution is -0.143. The Hall–Kier alpha value is -3.53. The van der Waals surface area contributed by atoms with Crippen LogP contribution in [-0.4, -0.2) is 42.1 Å². The van der Waals surface area contributed by atoms with Crippen molar-refractivity contribution in [3.8, 4) is 5.75 Å². The van der Waals surface area contributed by atoms with E-state index in [1.165, 1.54) is 35.6 Å². The number of nitrogens with one attached hydrogen (secondary N) is 2. The van der Waals surface area contributed by atoms with E-state index in [1.807, 2.05) is 0 Å². The van der Waals surface area contributed by atoms with Crippen molar-refractivity contribution in [1.29, 1.82) is 0 Å². The first-order valence-electron chi connectivity index (χ1n) is 11.2. The predicted octanol–water partition coefficient (Wildman–Crippen LogP) is 4.36. The number of rotatable bonds is 8. The van der Waals surface area contributed by atoms with Crippen LogP contribution in [0.15, 0.2) is 42.5 Å². The second-order valence-electron chi connectivity index (χ2n) is 8.38. The maximum absolute atomic E-state index is 14.5. The van der Waals surface area contributed by atoms with Gasteiger partial charge in [0.1, 0.15) is 17.4 Å². The van der Waals surface area contributed by atoms with Crippen molar-refractivity contribution >= 4 is 39.2 Å². The summed E-state index contributed by atoms with van der Waals surface area (Å²) in [6, 6.07) is 9.89. The number of hydrogen-bond donors (Lipinski definition) is 3. The predicted molar refractivity (Wildman–Crippen MR) is 127 cm³/mol. The Morgan fingerprint density at radius 3 is 2.34 bits per heavy atom. The maximum Gasteiger partial charge on any atom is 0.306 e. The molecule has 0 unspecified atom stereocenters. The molecule has 35 heavy (non-hydrogen) atoms. The Kier molecular flexibility index (Phi) is 7.60. The van der Waals surface area contributed by atoms with Crippen LogP contribution in [0.2, 0.25) is 0 Å². The minimum Gasteiger partial charge on any atom is -0.490 e. The van der Waals surface area contributed by atoms with E-state index >= 15 is 0 Å². The third-order valence-electron chi connectivity index (χ3n) is 5.91. The van der Waals surface area contributed by atoms with Crippen LogP contribution in [0.1, 0.15) is 45.7 Å². The summed E-state index contributed by atoms with van der Waals surface area (Å²) in [5, 5.41) is 14.9. The van der Waals surface area contributed by atoms with Gasteiger partial charge < -0.3 is 20.5 Å². The van der Waals surface area contributed by atoms with Crippen molar-refractivity contribution in [2.45, 2.75) is 31.8 Å². The summed E-state index contributed by atoms with van der Waals surface area (Å²) in [6.45, 7) is 0.226. The standard InChI is InChI=1S/C25H24F2N2O5S/c26-16-3-8-21-15(11-16)12-22(35-21)24(31)29-10-9-28-23(30)19-7-6-18(13-20(19)27)34-17-4-1-14(2-5-17)25(32)33/h3,6-8,11-14,17H,1-2,4-5,9-10H2,(H,28,30)(H,29,31)(H,32,33)/t14-,17-. The van der Waals surface area contributed by atoms with Gasteiger partial charge in [0.2, 0.25) is 0 Å². The normalized spacial score (nSPS) is 17.7. The average molecular weight is 503 g/mol. The first kappa shape index (κ1) is 24.6. The number of amides is 2. The van der Waals surface area contributed by atoms with Crippen molar-refractivity contribution in [1.82, 2.24) is 10.6 Å². The highest BCUT2D eigenvalue weighted by atomic mass is 32.1. The van der Waals surface area contributed by atoms with Gasteiger partial charge in [-0.3, -0.25) is 14.4 Å². The van der Waals surface area contributed by atoms with Crippen LogP contribution in [0.25, 0.3) is 10.1 Å². The van der Waals surface area contributed by atoms with E-state index in [0.29, 0.717) is 35.9 Å². The Balaban J connectivity index is 1.23. The molecular weight excluding hydrogens is 478 g/mol. The quantitative estimate of drug-likeness (QED) is 0.397. The number of hydrogen-bond acceptors (Lipinski definition) is 5. The Labute approximate surface area is 204 Å². The number of thiophene rings is 1. The zero-order valence-corrected chi connectivity index (χ0v) is 19.5. The van der Waals surface area contributed by atoms with E-state index in [4.69, 9.17) is 9.84 Å². The fourth-order valence-corrected chi connectivity index (χ4v) is 4.99. The van der Waals surface area contributed by atoms with E-state index in [2.05, 4.69) is 10.6 Å². The molecule has 0 radical (unpaired) electrons. The van der Waals surface area contributed by atoms with Gasteiger partial charge in [-0.25, -0.2) is 8.78 Å². The number of carbonyl (C=O) groups is 3. The lowest BCUT2D eigenvalue weighted by atomic mass is 9.87. The highest BCUT2D eigenvalue weighted by molar-refractivity contribution is 7.20. The topological polar surface area (TPSA) is 105 Å². The first-order chi connectivity index (χ1) is 16.8. The largest absolute Gasteiger partial charge is 0.490 e. The van der Waals surface area contributed by atoms with Gasteiger partial charge >= 0.3 is 5.97 Å². The molecule has 1 aliphatic rings. The van der Waals surface area contributed by atoms with E-state index in [9.17, 15) is 23.2 Å². The molecule has 0 atom stereocenters. The van der Waals surface area contributed by atoms with Crippen LogP contribution in [0.3, 0.4) is 0 Å². The van der Waals surface area contributed by atoms with Crippen LogP contribution in [0, 0.1) is 17.6 Å². The zero-order chi connectivity index (χ0) is 24.9. The van der Waals surface area contributed by atoms with Gasteiger partial charge in [-0.05, 0) is 67.5 Å². The Morgan fingerprint density at radius 1 is 0.943 bits per heavy atom. The van der Waals surface area contributed by atoms with E-state index in [1.54, 1.807) is 12.1 Å². The molecule has 1 fully saturated rings. The summed E-state index contributed by atoms with van der Waals surface area (Å²) in [5.74, 6) is -2.96. The molecule has 1 aliphatic carbocycles. The summed E-state index contributed by atoms with van der Waals surface area (Å²) >= 11 is 1.24. The van der Waals surface area contributed by atoms with Crippen LogP contribution >= 0.6 is 11.3 Å². The minimum absolute atomic E-state index is 0.0919. The number of benzene rings is 2. The van der Waals surface area contributed by atoms with E-state index in [-0.39, 0.29) is 48.1 Å². The number of aliphatic carboxylic acids is 1. The molecule has 184 valence electrons. The minimum atomic E-state index is -0.804. The molecule has 3 aromatic rings. The second kappa shape index (κ2) is 10.8. The molecule has 1 aromatic heterocycles. The van der Waals surface area contributed by atoms with Crippen molar-refractivity contribution in [3.05, 3.63) is 64.5 Å². The van der Waals surface area contributed by atoms with Crippen molar-refractivity contribution in [2.24, 2.45) is 5.92 Å². The molecule has 7 nitrogen and oxygen atoms in total. The number of carbonyl (C=O) groups excluding carboxylic acids is 2. The molecule has 3 N–H and O–H groups in total. The first-order valence-corrected chi connectivity index (χ1v) is 12.1. The molecule has 4 rings (SSSR count). The van der Waals surface area contributed by atoms with Crippen molar-refractivity contribution in [3.63, 3.8) is 0 Å². The van der Waals surface area contributed by atoms with Gasteiger partial charge in [0.05, 0.1) is 22.5 Å². The zero-order valence-electron chi connectivity index (χ0n) is 18.7. The van der Waals surface area contributed by atoms with E-state index < -0.39 is 17.7 Å². The third kappa shape index (κ3) is 6.13. The van der Waals surface area contributed by atoms with Gasteiger partial charge in [-0.15, -0.1) is 11.3 Å². The molecule has 1 saturated carbocycles. The molecule has 2 amide bonds. The van der Waals surface area contributed by atoms with Gasteiger partial charge in [0.15, 0.2) is 0 Å². The fourth-order valence-electron chi connectivity index (χ4n) is 4.03. The average Bonchev–Trinajstić information content (AvgIpc) is 3.25. The van der Waals surface area contributed by atoms with Crippen LogP contribution < -0.4 is 15.4 Å². The van der Waals surface area contributed by atoms with Gasteiger partial charge in [0, 0.05) is 23.9 Å². The lowest BCUT2D eigenvalue weighted by Crippen LogP contribution is -2.34. The second-order valence-corrected chi connectivity index (χ2v) is 9.46. The number of fused-ring (bicyclic) bond motifs is 1. The highest BCUT2D eigenvalue weighted by Gasteiger charge is 2.27. The van der Waals surface area contributed by atoms with Crippen LogP contribution in [0.5, 0.6) is 5.75 Å². The smallest absolute Gasteiger partial charge is 0.306 e. The molecule has 2 aromatic carbocycles. The highest BCUT2D eigenvalue weighted by Crippen LogP contribution is 2.29. The summed E-state index contributed by atoms with van der Waals surface area (Å²) in [4.78, 5) is 36.1. The van der Waals surface area contributed by atoms with Gasteiger partial charge in [0.25, 0.3) is 11.8 Å². The van der Waals surface area contributed by atoms with Gasteiger partial charge in [-0.1, -0.05) is 0 Å².